The fourth-order valence-electron chi connectivity index (χ4n) is 2.83. The molecular weight excluding hydrogens is 292 g/mol. The number of aromatic hydroxyl groups is 1. The number of imidazole rings is 1. The minimum Gasteiger partial charge on any atom is -0.508 e. The van der Waals surface area contributed by atoms with E-state index in [1.165, 1.54) is 0 Å². The average molecular weight is 310 g/mol. The molecule has 3 aromatic rings. The van der Waals surface area contributed by atoms with Crippen LogP contribution in [-0.2, 0) is 4.74 Å². The molecule has 2 aromatic heterocycles. The summed E-state index contributed by atoms with van der Waals surface area (Å²) in [7, 11) is 0. The van der Waals surface area contributed by atoms with E-state index >= 15 is 0 Å². The minimum absolute atomic E-state index is 0.248. The summed E-state index contributed by atoms with van der Waals surface area (Å²) in [5.74, 6) is 1.08. The Hall–Kier alpha value is -2.60. The summed E-state index contributed by atoms with van der Waals surface area (Å²) < 4.78 is 7.21. The quantitative estimate of drug-likeness (QED) is 0.778. The van der Waals surface area contributed by atoms with Crippen LogP contribution in [0.25, 0.3) is 16.9 Å². The molecule has 0 aliphatic carbocycles. The molecule has 1 aliphatic heterocycles. The minimum atomic E-state index is 0.248. The number of phenolic OH excluding ortho intramolecular Hbond substituents is 1. The summed E-state index contributed by atoms with van der Waals surface area (Å²) in [4.78, 5) is 4.40. The number of phenols is 1. The number of anilines is 1. The van der Waals surface area contributed by atoms with Gasteiger partial charge in [0.15, 0.2) is 5.65 Å². The van der Waals surface area contributed by atoms with Crippen LogP contribution in [0.3, 0.4) is 0 Å². The first kappa shape index (κ1) is 14.0. The first-order chi connectivity index (χ1) is 11.3. The number of hydrogen-bond donors (Lipinski definition) is 2. The number of benzene rings is 1. The van der Waals surface area contributed by atoms with Gasteiger partial charge in [-0.1, -0.05) is 0 Å². The highest BCUT2D eigenvalue weighted by Crippen LogP contribution is 2.23. The van der Waals surface area contributed by atoms with Crippen molar-refractivity contribution in [1.82, 2.24) is 14.6 Å². The summed E-state index contributed by atoms with van der Waals surface area (Å²) in [6, 6.07) is 11.4. The zero-order valence-electron chi connectivity index (χ0n) is 12.6. The van der Waals surface area contributed by atoms with Crippen LogP contribution in [0.1, 0.15) is 12.8 Å². The molecule has 1 aromatic carbocycles. The van der Waals surface area contributed by atoms with Crippen LogP contribution in [0.2, 0.25) is 0 Å². The summed E-state index contributed by atoms with van der Waals surface area (Å²) in [6.45, 7) is 1.59. The summed E-state index contributed by atoms with van der Waals surface area (Å²) in [5.41, 5.74) is 2.66. The van der Waals surface area contributed by atoms with Gasteiger partial charge in [-0.15, -0.1) is 5.10 Å². The second-order valence-electron chi connectivity index (χ2n) is 5.71. The van der Waals surface area contributed by atoms with E-state index < -0.39 is 0 Å². The molecule has 3 heterocycles. The van der Waals surface area contributed by atoms with E-state index in [0.717, 1.165) is 48.8 Å². The zero-order valence-corrected chi connectivity index (χ0v) is 12.6. The van der Waals surface area contributed by atoms with Gasteiger partial charge in [0.2, 0.25) is 0 Å². The summed E-state index contributed by atoms with van der Waals surface area (Å²) in [5, 5.41) is 17.6. The van der Waals surface area contributed by atoms with Crippen molar-refractivity contribution in [3.63, 3.8) is 0 Å². The van der Waals surface area contributed by atoms with Gasteiger partial charge < -0.3 is 15.2 Å². The molecule has 6 nitrogen and oxygen atoms in total. The van der Waals surface area contributed by atoms with Gasteiger partial charge in [-0.2, -0.15) is 0 Å². The summed E-state index contributed by atoms with van der Waals surface area (Å²) >= 11 is 0. The van der Waals surface area contributed by atoms with Crippen molar-refractivity contribution in [2.24, 2.45) is 0 Å². The van der Waals surface area contributed by atoms with Gasteiger partial charge in [-0.05, 0) is 49.2 Å². The molecule has 1 aliphatic rings. The van der Waals surface area contributed by atoms with E-state index in [1.807, 2.05) is 28.8 Å². The molecule has 0 saturated carbocycles. The Bertz CT molecular complexity index is 807. The topological polar surface area (TPSA) is 71.7 Å². The van der Waals surface area contributed by atoms with Crippen LogP contribution in [0.4, 0.5) is 5.82 Å². The van der Waals surface area contributed by atoms with E-state index in [-0.39, 0.29) is 5.75 Å². The molecule has 2 N–H and O–H groups in total. The number of hydrogen-bond acceptors (Lipinski definition) is 5. The molecule has 1 fully saturated rings. The van der Waals surface area contributed by atoms with Crippen molar-refractivity contribution >= 4 is 11.5 Å². The second kappa shape index (κ2) is 5.89. The van der Waals surface area contributed by atoms with Crippen molar-refractivity contribution in [3.8, 4) is 17.0 Å². The van der Waals surface area contributed by atoms with Gasteiger partial charge in [0.05, 0.1) is 11.9 Å². The third-order valence-electron chi connectivity index (χ3n) is 4.10. The molecule has 0 spiro atoms. The highest BCUT2D eigenvalue weighted by atomic mass is 16.5. The van der Waals surface area contributed by atoms with E-state index in [9.17, 15) is 5.11 Å². The molecule has 118 valence electrons. The lowest BCUT2D eigenvalue weighted by molar-refractivity contribution is 0.0903. The normalized spacial score (nSPS) is 15.8. The second-order valence-corrected chi connectivity index (χ2v) is 5.71. The fraction of sp³-hybridized carbons (Fsp3) is 0.294. The molecule has 0 atom stereocenters. The largest absolute Gasteiger partial charge is 0.508 e. The SMILES string of the molecule is Oc1ccc(-c2cnc3ccc(NC4CCOCC4)nn23)cc1. The molecule has 6 heteroatoms. The van der Waals surface area contributed by atoms with Gasteiger partial charge in [0.1, 0.15) is 11.6 Å². The number of nitrogens with one attached hydrogen (secondary N) is 1. The lowest BCUT2D eigenvalue weighted by Gasteiger charge is -2.23. The molecular formula is C17H18N4O2. The zero-order chi connectivity index (χ0) is 15.6. The lowest BCUT2D eigenvalue weighted by Crippen LogP contribution is -2.28. The molecule has 0 amide bonds. The van der Waals surface area contributed by atoms with E-state index in [4.69, 9.17) is 4.74 Å². The Labute approximate surface area is 133 Å². The number of rotatable bonds is 3. The maximum atomic E-state index is 9.44. The van der Waals surface area contributed by atoms with Crippen molar-refractivity contribution in [2.45, 2.75) is 18.9 Å². The summed E-state index contributed by atoms with van der Waals surface area (Å²) in [6.07, 6.45) is 3.79. The Morgan fingerprint density at radius 1 is 1.09 bits per heavy atom. The smallest absolute Gasteiger partial charge is 0.154 e. The Morgan fingerprint density at radius 3 is 2.65 bits per heavy atom. The molecule has 23 heavy (non-hydrogen) atoms. The molecule has 0 radical (unpaired) electrons. The predicted octanol–water partition coefficient (Wildman–Crippen LogP) is 2.69. The maximum Gasteiger partial charge on any atom is 0.154 e. The first-order valence-corrected chi connectivity index (χ1v) is 7.78. The Kier molecular flexibility index (Phi) is 3.59. The van der Waals surface area contributed by atoms with Crippen LogP contribution >= 0.6 is 0 Å². The average Bonchev–Trinajstić information content (AvgIpc) is 3.00. The maximum absolute atomic E-state index is 9.44. The predicted molar refractivity (Wildman–Crippen MR) is 87.6 cm³/mol. The third kappa shape index (κ3) is 2.85. The van der Waals surface area contributed by atoms with Gasteiger partial charge in [0, 0.05) is 24.8 Å². The molecule has 0 unspecified atom stereocenters. The highest BCUT2D eigenvalue weighted by molar-refractivity contribution is 5.64. The van der Waals surface area contributed by atoms with Gasteiger partial charge >= 0.3 is 0 Å². The standard InChI is InChI=1S/C17H18N4O2/c22-14-3-1-12(2-4-14)15-11-18-17-6-5-16(20-21(15)17)19-13-7-9-23-10-8-13/h1-6,11,13,22H,7-10H2,(H,19,20). The van der Waals surface area contributed by atoms with Crippen LogP contribution in [0.15, 0.2) is 42.6 Å². The number of nitrogens with zero attached hydrogens (tertiary/aromatic N) is 3. The number of aromatic nitrogens is 3. The van der Waals surface area contributed by atoms with Gasteiger partial charge in [0.25, 0.3) is 0 Å². The highest BCUT2D eigenvalue weighted by Gasteiger charge is 2.15. The van der Waals surface area contributed by atoms with Crippen LogP contribution in [0, 0.1) is 0 Å². The Morgan fingerprint density at radius 2 is 1.87 bits per heavy atom. The fourth-order valence-corrected chi connectivity index (χ4v) is 2.83. The van der Waals surface area contributed by atoms with Crippen molar-refractivity contribution < 1.29 is 9.84 Å². The van der Waals surface area contributed by atoms with E-state index in [2.05, 4.69) is 15.4 Å². The van der Waals surface area contributed by atoms with Gasteiger partial charge in [-0.3, -0.25) is 0 Å². The Balaban J connectivity index is 1.66. The van der Waals surface area contributed by atoms with Crippen molar-refractivity contribution in [2.75, 3.05) is 18.5 Å². The van der Waals surface area contributed by atoms with E-state index in [0.29, 0.717) is 6.04 Å². The third-order valence-corrected chi connectivity index (χ3v) is 4.10. The van der Waals surface area contributed by atoms with Crippen LogP contribution in [-0.4, -0.2) is 39.0 Å². The number of fused-ring (bicyclic) bond motifs is 1. The molecule has 1 saturated heterocycles. The number of ether oxygens (including phenoxy) is 1. The molecule has 0 bridgehead atoms. The van der Waals surface area contributed by atoms with Crippen LogP contribution in [0.5, 0.6) is 5.75 Å². The lowest BCUT2D eigenvalue weighted by atomic mass is 10.1. The monoisotopic (exact) mass is 310 g/mol. The van der Waals surface area contributed by atoms with Crippen molar-refractivity contribution in [3.05, 3.63) is 42.6 Å². The van der Waals surface area contributed by atoms with Crippen molar-refractivity contribution in [1.29, 1.82) is 0 Å². The van der Waals surface area contributed by atoms with E-state index in [1.54, 1.807) is 18.3 Å². The van der Waals surface area contributed by atoms with Gasteiger partial charge in [-0.25, -0.2) is 9.50 Å². The van der Waals surface area contributed by atoms with Crippen LogP contribution < -0.4 is 5.32 Å². The molecule has 4 rings (SSSR count). The first-order valence-electron chi connectivity index (χ1n) is 7.78.